The molecule has 0 spiro atoms. The number of methoxy groups -OCH3 is 2. The van der Waals surface area contributed by atoms with Crippen LogP contribution in [0.15, 0.2) is 68.9 Å². The zero-order chi connectivity index (χ0) is 25.8. The van der Waals surface area contributed by atoms with Crippen LogP contribution in [-0.2, 0) is 9.53 Å². The van der Waals surface area contributed by atoms with Gasteiger partial charge in [0.1, 0.15) is 17.3 Å². The summed E-state index contributed by atoms with van der Waals surface area (Å²) in [4.78, 5) is 42.0. The maximum atomic E-state index is 13.0. The van der Waals surface area contributed by atoms with Crippen LogP contribution < -0.4 is 4.74 Å². The van der Waals surface area contributed by atoms with Gasteiger partial charge in [0, 0.05) is 24.8 Å². The molecule has 0 bridgehead atoms. The molecule has 3 aromatic rings. The van der Waals surface area contributed by atoms with Gasteiger partial charge in [0.15, 0.2) is 5.17 Å². The summed E-state index contributed by atoms with van der Waals surface area (Å²) in [5, 5.41) is 11.7. The summed E-state index contributed by atoms with van der Waals surface area (Å²) in [6.45, 7) is 2.23. The summed E-state index contributed by atoms with van der Waals surface area (Å²) in [7, 11) is 2.77. The van der Waals surface area contributed by atoms with Crippen molar-refractivity contribution in [3.8, 4) is 17.1 Å². The molecule has 2 aromatic carbocycles. The van der Waals surface area contributed by atoms with Crippen LogP contribution in [0.25, 0.3) is 17.4 Å². The summed E-state index contributed by atoms with van der Waals surface area (Å²) in [6, 6.07) is 14.2. The Labute approximate surface area is 210 Å². The van der Waals surface area contributed by atoms with Crippen molar-refractivity contribution in [3.63, 3.8) is 0 Å². The lowest BCUT2D eigenvalue weighted by Crippen LogP contribution is -2.28. The Hall–Kier alpha value is -4.38. The van der Waals surface area contributed by atoms with Gasteiger partial charge in [-0.15, -0.1) is 0 Å². The van der Waals surface area contributed by atoms with E-state index in [1.807, 2.05) is 6.92 Å². The third-order valence-corrected chi connectivity index (χ3v) is 6.26. The highest BCUT2D eigenvalue weighted by Crippen LogP contribution is 2.37. The second-order valence-electron chi connectivity index (χ2n) is 7.44. The van der Waals surface area contributed by atoms with Crippen molar-refractivity contribution in [2.24, 2.45) is 4.99 Å². The molecule has 4 rings (SSSR count). The Morgan fingerprint density at radius 1 is 1.19 bits per heavy atom. The number of nitrogens with zero attached hydrogens (tertiary/aromatic N) is 3. The molecule has 0 radical (unpaired) electrons. The number of non-ortho nitro benzene ring substituents is 1. The van der Waals surface area contributed by atoms with Crippen molar-refractivity contribution in [2.45, 2.75) is 6.92 Å². The Bertz CT molecular complexity index is 1410. The molecule has 1 aliphatic heterocycles. The lowest BCUT2D eigenvalue weighted by atomic mass is 10.1. The highest BCUT2D eigenvalue weighted by molar-refractivity contribution is 8.18. The molecule has 1 aliphatic rings. The molecule has 11 heteroatoms. The lowest BCUT2D eigenvalue weighted by Gasteiger charge is -2.12. The maximum absolute atomic E-state index is 13.0. The Kier molecular flexibility index (Phi) is 7.20. The van der Waals surface area contributed by atoms with Crippen LogP contribution in [0.1, 0.15) is 23.0 Å². The predicted molar refractivity (Wildman–Crippen MR) is 135 cm³/mol. The minimum atomic E-state index is -0.496. The number of esters is 1. The second-order valence-corrected chi connectivity index (χ2v) is 8.45. The number of benzene rings is 2. The largest absolute Gasteiger partial charge is 0.496 e. The van der Waals surface area contributed by atoms with E-state index in [2.05, 4.69) is 4.99 Å². The number of ether oxygens (including phenoxy) is 2. The average Bonchev–Trinajstić information content (AvgIpc) is 3.47. The number of carbonyl (C=O) groups is 2. The number of nitro groups is 1. The van der Waals surface area contributed by atoms with E-state index >= 15 is 0 Å². The van der Waals surface area contributed by atoms with Gasteiger partial charge in [0.25, 0.3) is 11.6 Å². The fourth-order valence-electron chi connectivity index (χ4n) is 3.51. The number of nitro benzene ring substituents is 1. The first kappa shape index (κ1) is 24.7. The quantitative estimate of drug-likeness (QED) is 0.183. The number of amides is 1. The maximum Gasteiger partial charge on any atom is 0.337 e. The van der Waals surface area contributed by atoms with Crippen molar-refractivity contribution < 1.29 is 28.4 Å². The number of carbonyl (C=O) groups excluding carboxylic acids is 2. The first-order valence-electron chi connectivity index (χ1n) is 10.8. The third-order valence-electron chi connectivity index (χ3n) is 5.26. The third kappa shape index (κ3) is 5.01. The van der Waals surface area contributed by atoms with Gasteiger partial charge in [-0.2, -0.15) is 0 Å². The molecule has 1 aromatic heterocycles. The number of hydrogen-bond donors (Lipinski definition) is 0. The average molecular weight is 508 g/mol. The van der Waals surface area contributed by atoms with Crippen molar-refractivity contribution in [2.75, 3.05) is 20.8 Å². The molecule has 0 unspecified atom stereocenters. The summed E-state index contributed by atoms with van der Waals surface area (Å²) in [6.07, 6.45) is 1.59. The highest BCUT2D eigenvalue weighted by atomic mass is 32.2. The SMILES string of the molecule is CCN1C(=O)C(=Cc2ccc(-c3cc([N+](=O)[O-])ccc3OC)o2)SC1=Nc1cccc(C(=O)OC)c1. The molecule has 10 nitrogen and oxygen atoms in total. The number of thioether (sulfide) groups is 1. The summed E-state index contributed by atoms with van der Waals surface area (Å²) >= 11 is 1.18. The monoisotopic (exact) mass is 507 g/mol. The van der Waals surface area contributed by atoms with Crippen LogP contribution in [0.4, 0.5) is 11.4 Å². The molecule has 36 heavy (non-hydrogen) atoms. The number of amidine groups is 1. The smallest absolute Gasteiger partial charge is 0.337 e. The fourth-order valence-corrected chi connectivity index (χ4v) is 4.55. The normalized spacial score (nSPS) is 15.5. The highest BCUT2D eigenvalue weighted by Gasteiger charge is 2.32. The minimum absolute atomic E-state index is 0.0978. The van der Waals surface area contributed by atoms with Gasteiger partial charge in [0.2, 0.25) is 0 Å². The topological polar surface area (TPSA) is 124 Å². The molecule has 0 atom stereocenters. The number of rotatable bonds is 7. The van der Waals surface area contributed by atoms with E-state index in [9.17, 15) is 19.7 Å². The standard InChI is InChI=1S/C25H21N3O7S/c1-4-27-23(29)22(36-25(27)26-16-7-5-6-15(12-16)24(30)34-3)14-18-9-11-21(35-18)19-13-17(28(31)32)8-10-20(19)33-2/h5-14H,4H2,1-3H3. The fraction of sp³-hybridized carbons (Fsp3) is 0.160. The van der Waals surface area contributed by atoms with Gasteiger partial charge >= 0.3 is 5.97 Å². The molecule has 1 saturated heterocycles. The number of furan rings is 1. The van der Waals surface area contributed by atoms with Crippen LogP contribution in [0.2, 0.25) is 0 Å². The molecule has 2 heterocycles. The van der Waals surface area contributed by atoms with Crippen molar-refractivity contribution in [1.29, 1.82) is 0 Å². The van der Waals surface area contributed by atoms with E-state index < -0.39 is 10.9 Å². The number of aliphatic imine (C=N–C) groups is 1. The summed E-state index contributed by atoms with van der Waals surface area (Å²) in [5.74, 6) is 0.449. The van der Waals surface area contributed by atoms with E-state index in [4.69, 9.17) is 13.9 Å². The first-order chi connectivity index (χ1) is 17.3. The molecule has 0 aliphatic carbocycles. The van der Waals surface area contributed by atoms with Crippen LogP contribution in [-0.4, -0.2) is 47.6 Å². The molecular weight excluding hydrogens is 486 g/mol. The molecule has 184 valence electrons. The lowest BCUT2D eigenvalue weighted by molar-refractivity contribution is -0.384. The van der Waals surface area contributed by atoms with Crippen LogP contribution >= 0.6 is 11.8 Å². The predicted octanol–water partition coefficient (Wildman–Crippen LogP) is 5.27. The summed E-state index contributed by atoms with van der Waals surface area (Å²) in [5.41, 5.74) is 1.18. The van der Waals surface area contributed by atoms with Gasteiger partial charge < -0.3 is 13.9 Å². The molecule has 1 fully saturated rings. The van der Waals surface area contributed by atoms with Crippen LogP contribution in [0, 0.1) is 10.1 Å². The van der Waals surface area contributed by atoms with E-state index in [0.29, 0.717) is 50.7 Å². The Morgan fingerprint density at radius 3 is 2.69 bits per heavy atom. The summed E-state index contributed by atoms with van der Waals surface area (Å²) < 4.78 is 15.9. The van der Waals surface area contributed by atoms with Gasteiger partial charge in [-0.3, -0.25) is 19.8 Å². The number of likely N-dealkylation sites (N-methyl/N-ethyl adjacent to an activating group) is 1. The van der Waals surface area contributed by atoms with Gasteiger partial charge in [-0.25, -0.2) is 9.79 Å². The van der Waals surface area contributed by atoms with Crippen molar-refractivity contribution >= 4 is 46.3 Å². The second kappa shape index (κ2) is 10.5. The molecule has 1 amide bonds. The Balaban J connectivity index is 1.64. The minimum Gasteiger partial charge on any atom is -0.496 e. The molecule has 0 saturated carbocycles. The van der Waals surface area contributed by atoms with E-state index in [1.165, 1.54) is 49.1 Å². The molecule has 0 N–H and O–H groups in total. The Morgan fingerprint density at radius 2 is 2.00 bits per heavy atom. The van der Waals surface area contributed by atoms with Gasteiger partial charge in [-0.05, 0) is 55.1 Å². The van der Waals surface area contributed by atoms with Crippen LogP contribution in [0.3, 0.4) is 0 Å². The van der Waals surface area contributed by atoms with E-state index in [0.717, 1.165) is 0 Å². The zero-order valence-corrected chi connectivity index (χ0v) is 20.4. The van der Waals surface area contributed by atoms with Crippen molar-refractivity contribution in [3.05, 3.63) is 80.9 Å². The number of hydrogen-bond acceptors (Lipinski definition) is 9. The van der Waals surface area contributed by atoms with Gasteiger partial charge in [0.05, 0.1) is 40.9 Å². The zero-order valence-electron chi connectivity index (χ0n) is 19.6. The van der Waals surface area contributed by atoms with Crippen molar-refractivity contribution in [1.82, 2.24) is 4.90 Å². The van der Waals surface area contributed by atoms with E-state index in [-0.39, 0.29) is 11.6 Å². The molecular formula is C25H21N3O7S. The van der Waals surface area contributed by atoms with E-state index in [1.54, 1.807) is 42.5 Å². The van der Waals surface area contributed by atoms with Gasteiger partial charge in [-0.1, -0.05) is 6.07 Å². The first-order valence-corrected chi connectivity index (χ1v) is 11.6. The van der Waals surface area contributed by atoms with Crippen LogP contribution in [0.5, 0.6) is 5.75 Å².